The maximum atomic E-state index is 13.4. The Morgan fingerprint density at radius 2 is 1.88 bits per heavy atom. The van der Waals surface area contributed by atoms with Gasteiger partial charge in [0.15, 0.2) is 0 Å². The van der Waals surface area contributed by atoms with Crippen LogP contribution in [0.25, 0.3) is 0 Å². The van der Waals surface area contributed by atoms with Gasteiger partial charge in [-0.05, 0) is 74.4 Å². The number of halogens is 4. The largest absolute Gasteiger partial charge is 0.416 e. The van der Waals surface area contributed by atoms with Gasteiger partial charge < -0.3 is 10.2 Å². The Balaban J connectivity index is 0.00000243. The standard InChI is InChI=1S/C19H25F3N2O.ClH/c1-13-3-2-10-24(12-13)18(25)15-4-5-17(19(20,21)22)16(11-15)14-6-8-23-9-7-14;/h4-5,11,13-14,23H,2-3,6-10,12H2,1H3;1H. The van der Waals surface area contributed by atoms with Gasteiger partial charge in [-0.3, -0.25) is 4.79 Å². The van der Waals surface area contributed by atoms with Crippen LogP contribution in [0.2, 0.25) is 0 Å². The lowest BCUT2D eigenvalue weighted by Gasteiger charge is -2.31. The van der Waals surface area contributed by atoms with Gasteiger partial charge in [-0.2, -0.15) is 13.2 Å². The summed E-state index contributed by atoms with van der Waals surface area (Å²) in [5.41, 5.74) is 0.0727. The van der Waals surface area contributed by atoms with Crippen molar-refractivity contribution < 1.29 is 18.0 Å². The smallest absolute Gasteiger partial charge is 0.338 e. The van der Waals surface area contributed by atoms with E-state index in [9.17, 15) is 18.0 Å². The molecule has 2 fully saturated rings. The Kier molecular flexibility index (Phi) is 6.97. The number of likely N-dealkylation sites (tertiary alicyclic amines) is 1. The second-order valence-corrected chi connectivity index (χ2v) is 7.32. The van der Waals surface area contributed by atoms with E-state index in [4.69, 9.17) is 0 Å². The molecule has 1 atom stereocenters. The van der Waals surface area contributed by atoms with Crippen LogP contribution in [0.1, 0.15) is 60.0 Å². The zero-order valence-corrected chi connectivity index (χ0v) is 15.8. The summed E-state index contributed by atoms with van der Waals surface area (Å²) < 4.78 is 40.3. The van der Waals surface area contributed by atoms with E-state index in [0.29, 0.717) is 50.5 Å². The van der Waals surface area contributed by atoms with Crippen molar-refractivity contribution in [3.8, 4) is 0 Å². The molecule has 2 aliphatic rings. The topological polar surface area (TPSA) is 32.3 Å². The van der Waals surface area contributed by atoms with Gasteiger partial charge in [0.05, 0.1) is 5.56 Å². The summed E-state index contributed by atoms with van der Waals surface area (Å²) in [6.07, 6.45) is -1.00. The number of hydrogen-bond donors (Lipinski definition) is 1. The first kappa shape index (κ1) is 21.0. The van der Waals surface area contributed by atoms with Gasteiger partial charge in [0, 0.05) is 18.7 Å². The Morgan fingerprint density at radius 3 is 2.50 bits per heavy atom. The van der Waals surface area contributed by atoms with Crippen molar-refractivity contribution in [2.24, 2.45) is 5.92 Å². The van der Waals surface area contributed by atoms with Crippen molar-refractivity contribution in [2.45, 2.75) is 44.7 Å². The van der Waals surface area contributed by atoms with Crippen molar-refractivity contribution in [1.29, 1.82) is 0 Å². The van der Waals surface area contributed by atoms with Crippen LogP contribution in [0.3, 0.4) is 0 Å². The maximum absolute atomic E-state index is 13.4. The third-order valence-corrected chi connectivity index (χ3v) is 5.33. The minimum Gasteiger partial charge on any atom is -0.338 e. The molecule has 146 valence electrons. The van der Waals surface area contributed by atoms with Crippen molar-refractivity contribution >= 4 is 18.3 Å². The number of alkyl halides is 3. The average molecular weight is 391 g/mol. The van der Waals surface area contributed by atoms with Gasteiger partial charge in [0.2, 0.25) is 0 Å². The van der Waals surface area contributed by atoms with Crippen LogP contribution in [0.5, 0.6) is 0 Å². The number of benzene rings is 1. The number of carbonyl (C=O) groups excluding carboxylic acids is 1. The predicted molar refractivity (Wildman–Crippen MR) is 97.8 cm³/mol. The molecule has 1 unspecified atom stereocenters. The number of amides is 1. The fraction of sp³-hybridized carbons (Fsp3) is 0.632. The molecule has 2 heterocycles. The second kappa shape index (κ2) is 8.61. The molecule has 3 nitrogen and oxygen atoms in total. The molecule has 2 saturated heterocycles. The Morgan fingerprint density at radius 1 is 1.19 bits per heavy atom. The Labute approximate surface area is 158 Å². The first-order chi connectivity index (χ1) is 11.9. The lowest BCUT2D eigenvalue weighted by Crippen LogP contribution is -2.39. The number of nitrogens with zero attached hydrogens (tertiary/aromatic N) is 1. The normalized spacial score (nSPS) is 22.0. The van der Waals surface area contributed by atoms with E-state index < -0.39 is 11.7 Å². The quantitative estimate of drug-likeness (QED) is 0.808. The molecule has 1 aromatic rings. The van der Waals surface area contributed by atoms with Crippen LogP contribution >= 0.6 is 12.4 Å². The van der Waals surface area contributed by atoms with Crippen molar-refractivity contribution in [3.05, 3.63) is 34.9 Å². The first-order valence-electron chi connectivity index (χ1n) is 9.07. The van der Waals surface area contributed by atoms with Crippen LogP contribution in [-0.4, -0.2) is 37.0 Å². The molecular formula is C19H26ClF3N2O. The highest BCUT2D eigenvalue weighted by Gasteiger charge is 2.36. The van der Waals surface area contributed by atoms with E-state index in [1.165, 1.54) is 12.1 Å². The predicted octanol–water partition coefficient (Wildman–Crippen LogP) is 4.47. The van der Waals surface area contributed by atoms with Gasteiger partial charge >= 0.3 is 6.18 Å². The molecule has 0 saturated carbocycles. The molecule has 0 spiro atoms. The summed E-state index contributed by atoms with van der Waals surface area (Å²) in [5, 5.41) is 3.18. The molecular weight excluding hydrogens is 365 g/mol. The molecule has 0 radical (unpaired) electrons. The fourth-order valence-corrected chi connectivity index (χ4v) is 3.98. The third-order valence-electron chi connectivity index (χ3n) is 5.33. The van der Waals surface area contributed by atoms with Gasteiger partial charge in [-0.25, -0.2) is 0 Å². The summed E-state index contributed by atoms with van der Waals surface area (Å²) in [6.45, 7) is 4.90. The summed E-state index contributed by atoms with van der Waals surface area (Å²) in [7, 11) is 0. The second-order valence-electron chi connectivity index (χ2n) is 7.32. The molecule has 3 rings (SSSR count). The molecule has 0 aromatic heterocycles. The third kappa shape index (κ3) is 4.71. The summed E-state index contributed by atoms with van der Waals surface area (Å²) in [6, 6.07) is 3.94. The maximum Gasteiger partial charge on any atom is 0.416 e. The molecule has 1 amide bonds. The van der Waals surface area contributed by atoms with E-state index in [1.54, 1.807) is 4.90 Å². The summed E-state index contributed by atoms with van der Waals surface area (Å²) >= 11 is 0. The van der Waals surface area contributed by atoms with E-state index in [1.807, 2.05) is 0 Å². The lowest BCUT2D eigenvalue weighted by atomic mass is 9.85. The highest BCUT2D eigenvalue weighted by atomic mass is 35.5. The molecule has 0 aliphatic carbocycles. The minimum atomic E-state index is -4.39. The van der Waals surface area contributed by atoms with E-state index in [2.05, 4.69) is 12.2 Å². The number of nitrogens with one attached hydrogen (secondary N) is 1. The molecule has 26 heavy (non-hydrogen) atoms. The minimum absolute atomic E-state index is 0. The SMILES string of the molecule is CC1CCCN(C(=O)c2ccc(C(F)(F)F)c(C3CCNCC3)c2)C1.Cl. The molecule has 0 bridgehead atoms. The van der Waals surface area contributed by atoms with E-state index >= 15 is 0 Å². The number of hydrogen-bond acceptors (Lipinski definition) is 2. The van der Waals surface area contributed by atoms with Crippen LogP contribution in [0.4, 0.5) is 13.2 Å². The van der Waals surface area contributed by atoms with Gasteiger partial charge in [-0.1, -0.05) is 6.92 Å². The summed E-state index contributed by atoms with van der Waals surface area (Å²) in [4.78, 5) is 14.6. The van der Waals surface area contributed by atoms with Crippen LogP contribution in [0, 0.1) is 5.92 Å². The lowest BCUT2D eigenvalue weighted by molar-refractivity contribution is -0.138. The fourth-order valence-electron chi connectivity index (χ4n) is 3.98. The van der Waals surface area contributed by atoms with Gasteiger partial charge in [-0.15, -0.1) is 12.4 Å². The number of piperidine rings is 2. The van der Waals surface area contributed by atoms with E-state index in [-0.39, 0.29) is 29.8 Å². The average Bonchev–Trinajstić information content (AvgIpc) is 2.60. The van der Waals surface area contributed by atoms with E-state index in [0.717, 1.165) is 18.9 Å². The molecule has 2 aliphatic heterocycles. The highest BCUT2D eigenvalue weighted by molar-refractivity contribution is 5.94. The number of carbonyl (C=O) groups is 1. The highest BCUT2D eigenvalue weighted by Crippen LogP contribution is 2.38. The Bertz CT molecular complexity index is 630. The zero-order valence-electron chi connectivity index (χ0n) is 14.9. The zero-order chi connectivity index (χ0) is 18.0. The molecule has 1 N–H and O–H groups in total. The van der Waals surface area contributed by atoms with Gasteiger partial charge in [0.25, 0.3) is 5.91 Å². The van der Waals surface area contributed by atoms with Crippen molar-refractivity contribution in [2.75, 3.05) is 26.2 Å². The Hall–Kier alpha value is -1.27. The molecule has 7 heteroatoms. The van der Waals surface area contributed by atoms with Crippen molar-refractivity contribution in [1.82, 2.24) is 10.2 Å². The van der Waals surface area contributed by atoms with Crippen LogP contribution < -0.4 is 5.32 Å². The first-order valence-corrected chi connectivity index (χ1v) is 9.07. The van der Waals surface area contributed by atoms with Gasteiger partial charge in [0.1, 0.15) is 0 Å². The molecule has 1 aromatic carbocycles. The van der Waals surface area contributed by atoms with Crippen LogP contribution in [0.15, 0.2) is 18.2 Å². The van der Waals surface area contributed by atoms with Crippen molar-refractivity contribution in [3.63, 3.8) is 0 Å². The van der Waals surface area contributed by atoms with Crippen LogP contribution in [-0.2, 0) is 6.18 Å². The summed E-state index contributed by atoms with van der Waals surface area (Å²) in [5.74, 6) is 0.150. The monoisotopic (exact) mass is 390 g/mol. The number of rotatable bonds is 2.